The van der Waals surface area contributed by atoms with Crippen molar-refractivity contribution in [1.29, 1.82) is 0 Å². The van der Waals surface area contributed by atoms with Crippen LogP contribution < -0.4 is 0 Å². The van der Waals surface area contributed by atoms with Gasteiger partial charge in [-0.2, -0.15) is 0 Å². The molecule has 0 aromatic rings. The number of hydrogen-bond acceptors (Lipinski definition) is 3. The SMILES string of the molecule is C=C[C@@]1(C)C=C2CC[C@H]3C(C)(C)C(=O)C[C@@H](O)[C@@]3(C)[C@H]2C[C@H]1O. The molecule has 3 nitrogen and oxygen atoms in total. The second-order valence-electron chi connectivity index (χ2n) is 8.92. The second kappa shape index (κ2) is 5.03. The van der Waals surface area contributed by atoms with Gasteiger partial charge in [-0.25, -0.2) is 0 Å². The van der Waals surface area contributed by atoms with Crippen molar-refractivity contribution in [2.24, 2.45) is 28.1 Å². The van der Waals surface area contributed by atoms with Gasteiger partial charge in [0.15, 0.2) is 0 Å². The fourth-order valence-electron chi connectivity index (χ4n) is 5.64. The fourth-order valence-corrected chi connectivity index (χ4v) is 5.64. The van der Waals surface area contributed by atoms with Crippen molar-refractivity contribution >= 4 is 5.78 Å². The predicted molar refractivity (Wildman–Crippen MR) is 90.7 cm³/mol. The molecule has 3 rings (SSSR count). The van der Waals surface area contributed by atoms with E-state index in [1.807, 2.05) is 26.8 Å². The van der Waals surface area contributed by atoms with E-state index < -0.39 is 17.6 Å². The van der Waals surface area contributed by atoms with Crippen LogP contribution in [0.25, 0.3) is 0 Å². The molecule has 0 bridgehead atoms. The number of fused-ring (bicyclic) bond motifs is 3. The van der Waals surface area contributed by atoms with Crippen LogP contribution >= 0.6 is 0 Å². The molecule has 0 unspecified atom stereocenters. The first-order chi connectivity index (χ1) is 10.6. The molecular formula is C20H30O3. The highest BCUT2D eigenvalue weighted by Gasteiger charge is 2.61. The Bertz CT molecular complexity index is 575. The number of hydrogen-bond donors (Lipinski definition) is 2. The van der Waals surface area contributed by atoms with Gasteiger partial charge in [0, 0.05) is 22.7 Å². The smallest absolute Gasteiger partial charge is 0.141 e. The van der Waals surface area contributed by atoms with Crippen molar-refractivity contribution in [3.63, 3.8) is 0 Å². The maximum absolute atomic E-state index is 12.5. The molecular weight excluding hydrogens is 288 g/mol. The van der Waals surface area contributed by atoms with Crippen molar-refractivity contribution in [2.75, 3.05) is 0 Å². The van der Waals surface area contributed by atoms with Gasteiger partial charge in [0.2, 0.25) is 0 Å². The van der Waals surface area contributed by atoms with Crippen molar-refractivity contribution in [3.8, 4) is 0 Å². The summed E-state index contributed by atoms with van der Waals surface area (Å²) in [6, 6.07) is 0. The minimum Gasteiger partial charge on any atom is -0.392 e. The molecule has 2 N–H and O–H groups in total. The Labute approximate surface area is 139 Å². The summed E-state index contributed by atoms with van der Waals surface area (Å²) in [6.45, 7) is 12.1. The van der Waals surface area contributed by atoms with Gasteiger partial charge < -0.3 is 10.2 Å². The zero-order chi connectivity index (χ0) is 17.2. The van der Waals surface area contributed by atoms with Crippen molar-refractivity contribution in [1.82, 2.24) is 0 Å². The molecule has 0 aromatic heterocycles. The van der Waals surface area contributed by atoms with Crippen LogP contribution in [0.5, 0.6) is 0 Å². The van der Waals surface area contributed by atoms with Gasteiger partial charge in [-0.15, -0.1) is 6.58 Å². The average Bonchev–Trinajstić information content (AvgIpc) is 2.48. The molecule has 0 aromatic carbocycles. The molecule has 0 amide bonds. The van der Waals surface area contributed by atoms with E-state index >= 15 is 0 Å². The molecule has 0 saturated heterocycles. The molecule has 2 saturated carbocycles. The van der Waals surface area contributed by atoms with E-state index in [2.05, 4.69) is 19.6 Å². The maximum atomic E-state index is 12.5. The van der Waals surface area contributed by atoms with E-state index in [0.717, 1.165) is 12.8 Å². The van der Waals surface area contributed by atoms with Gasteiger partial charge in [-0.1, -0.05) is 45.4 Å². The third-order valence-electron chi connectivity index (χ3n) is 7.47. The Morgan fingerprint density at radius 3 is 2.48 bits per heavy atom. The molecule has 0 heterocycles. The minimum absolute atomic E-state index is 0.145. The van der Waals surface area contributed by atoms with Crippen LogP contribution in [0.15, 0.2) is 24.3 Å². The van der Waals surface area contributed by atoms with Gasteiger partial charge in [0.05, 0.1) is 12.2 Å². The zero-order valence-corrected chi connectivity index (χ0v) is 14.8. The van der Waals surface area contributed by atoms with E-state index in [-0.39, 0.29) is 34.9 Å². The summed E-state index contributed by atoms with van der Waals surface area (Å²) in [6.07, 6.45) is 5.65. The number of carbonyl (C=O) groups is 1. The standard InChI is InChI=1S/C20H30O3/c1-6-19(4)11-12-7-8-14-18(2,3)15(21)10-17(23)20(14,5)13(12)9-16(19)22/h6,11,13-14,16-17,22-23H,1,7-10H2,2-5H3/t13-,14-,16+,17+,19-,20-/m0/s1. The predicted octanol–water partition coefficient (Wildman–Crippen LogP) is 3.26. The van der Waals surface area contributed by atoms with Crippen molar-refractivity contribution in [3.05, 3.63) is 24.3 Å². The number of aliphatic hydroxyl groups excluding tert-OH is 2. The molecule has 3 heteroatoms. The lowest BCUT2D eigenvalue weighted by Crippen LogP contribution is -2.61. The first-order valence-electron chi connectivity index (χ1n) is 8.82. The summed E-state index contributed by atoms with van der Waals surface area (Å²) in [4.78, 5) is 12.5. The van der Waals surface area contributed by atoms with Gasteiger partial charge in [0.1, 0.15) is 5.78 Å². The fraction of sp³-hybridized carbons (Fsp3) is 0.750. The number of Topliss-reactive ketones (excluding diaryl/α,β-unsaturated/α-hetero) is 1. The van der Waals surface area contributed by atoms with Crippen LogP contribution in [0, 0.1) is 28.1 Å². The lowest BCUT2D eigenvalue weighted by atomic mass is 9.44. The molecule has 2 fully saturated rings. The monoisotopic (exact) mass is 318 g/mol. The van der Waals surface area contributed by atoms with Gasteiger partial charge in [0.25, 0.3) is 0 Å². The minimum atomic E-state index is -0.623. The Hall–Kier alpha value is -0.930. The van der Waals surface area contributed by atoms with Crippen molar-refractivity contribution < 1.29 is 15.0 Å². The lowest BCUT2D eigenvalue weighted by molar-refractivity contribution is -0.169. The topological polar surface area (TPSA) is 57.5 Å². The highest BCUT2D eigenvalue weighted by Crippen LogP contribution is 2.62. The van der Waals surface area contributed by atoms with Crippen LogP contribution in [0.1, 0.15) is 53.4 Å². The van der Waals surface area contributed by atoms with Crippen LogP contribution in [-0.4, -0.2) is 28.2 Å². The summed E-state index contributed by atoms with van der Waals surface area (Å²) in [5.74, 6) is 0.479. The Morgan fingerprint density at radius 2 is 1.87 bits per heavy atom. The molecule has 6 atom stereocenters. The van der Waals surface area contributed by atoms with E-state index in [1.54, 1.807) is 0 Å². The normalized spacial score (nSPS) is 49.0. The lowest BCUT2D eigenvalue weighted by Gasteiger charge is -2.61. The summed E-state index contributed by atoms with van der Waals surface area (Å²) < 4.78 is 0. The number of carbonyl (C=O) groups excluding carboxylic acids is 1. The molecule has 0 spiro atoms. The molecule has 23 heavy (non-hydrogen) atoms. The quantitative estimate of drug-likeness (QED) is 0.730. The van der Waals surface area contributed by atoms with Crippen LogP contribution in [0.4, 0.5) is 0 Å². The van der Waals surface area contributed by atoms with Crippen LogP contribution in [0.3, 0.4) is 0 Å². The third kappa shape index (κ3) is 2.12. The first-order valence-corrected chi connectivity index (χ1v) is 8.82. The highest BCUT2D eigenvalue weighted by molar-refractivity contribution is 5.86. The van der Waals surface area contributed by atoms with E-state index in [1.165, 1.54) is 5.57 Å². The molecule has 3 aliphatic rings. The van der Waals surface area contributed by atoms with E-state index in [4.69, 9.17) is 0 Å². The third-order valence-corrected chi connectivity index (χ3v) is 7.47. The second-order valence-corrected chi connectivity index (χ2v) is 8.92. The zero-order valence-electron chi connectivity index (χ0n) is 14.8. The molecule has 3 aliphatic carbocycles. The summed E-state index contributed by atoms with van der Waals surface area (Å²) in [5, 5.41) is 21.5. The number of ketones is 1. The molecule has 0 radical (unpaired) electrons. The van der Waals surface area contributed by atoms with E-state index in [0.29, 0.717) is 6.42 Å². The Balaban J connectivity index is 2.08. The summed E-state index contributed by atoms with van der Waals surface area (Å²) in [7, 11) is 0. The van der Waals surface area contributed by atoms with Gasteiger partial charge >= 0.3 is 0 Å². The Morgan fingerprint density at radius 1 is 1.22 bits per heavy atom. The van der Waals surface area contributed by atoms with E-state index in [9.17, 15) is 15.0 Å². The van der Waals surface area contributed by atoms with Crippen molar-refractivity contribution in [2.45, 2.75) is 65.6 Å². The average molecular weight is 318 g/mol. The highest BCUT2D eigenvalue weighted by atomic mass is 16.3. The largest absolute Gasteiger partial charge is 0.392 e. The van der Waals surface area contributed by atoms with Crippen LogP contribution in [0.2, 0.25) is 0 Å². The van der Waals surface area contributed by atoms with Gasteiger partial charge in [-0.05, 0) is 31.1 Å². The number of rotatable bonds is 1. The number of allylic oxidation sites excluding steroid dienone is 1. The summed E-state index contributed by atoms with van der Waals surface area (Å²) in [5.41, 5.74) is 0.204. The van der Waals surface area contributed by atoms with Crippen LogP contribution in [-0.2, 0) is 4.79 Å². The Kier molecular flexibility index (Phi) is 3.70. The summed E-state index contributed by atoms with van der Waals surface area (Å²) >= 11 is 0. The number of aliphatic hydroxyl groups is 2. The van der Waals surface area contributed by atoms with Gasteiger partial charge in [-0.3, -0.25) is 4.79 Å². The first kappa shape index (κ1) is 16.9. The molecule has 128 valence electrons. The molecule has 0 aliphatic heterocycles. The maximum Gasteiger partial charge on any atom is 0.141 e.